The van der Waals surface area contributed by atoms with Gasteiger partial charge in [-0.05, 0) is 52.6 Å². The molecule has 0 saturated carbocycles. The quantitative estimate of drug-likeness (QED) is 0.188. The van der Waals surface area contributed by atoms with E-state index >= 15 is 0 Å². The number of fused-ring (bicyclic) bond motifs is 6. The molecule has 10 rings (SSSR count). The molecule has 0 amide bonds. The molecule has 7 aromatic carbocycles. The van der Waals surface area contributed by atoms with Gasteiger partial charge < -0.3 is 4.42 Å². The lowest BCUT2D eigenvalue weighted by molar-refractivity contribution is 0.669. The van der Waals surface area contributed by atoms with Crippen molar-refractivity contribution in [2.75, 3.05) is 0 Å². The summed E-state index contributed by atoms with van der Waals surface area (Å²) in [5.41, 5.74) is 10.1. The molecule has 3 heterocycles. The van der Waals surface area contributed by atoms with Crippen molar-refractivity contribution in [3.05, 3.63) is 170 Å². The topological polar surface area (TPSA) is 56.7 Å². The first-order valence-electron chi connectivity index (χ1n) is 16.7. The summed E-state index contributed by atoms with van der Waals surface area (Å²) in [6.07, 6.45) is 0. The zero-order valence-corrected chi connectivity index (χ0v) is 26.9. The van der Waals surface area contributed by atoms with Gasteiger partial charge in [0.15, 0.2) is 11.6 Å². The minimum Gasteiger partial charge on any atom is -0.456 e. The Morgan fingerprint density at radius 1 is 0.380 bits per heavy atom. The van der Waals surface area contributed by atoms with Crippen molar-refractivity contribution in [1.29, 1.82) is 0 Å². The molecule has 3 aromatic heterocycles. The van der Waals surface area contributed by atoms with E-state index in [-0.39, 0.29) is 0 Å². The zero-order chi connectivity index (χ0) is 33.0. The highest BCUT2D eigenvalue weighted by molar-refractivity contribution is 6.15. The molecular formula is C45H28N4O. The standard InChI is InChI=1S/C45H28N4O/c1-4-13-29(14-5-1)32-23-26-37-41(28-32)50-40-22-12-20-34(42(37)40)33-24-25-36-35-19-10-11-21-38(35)49(39(36)27-33)45-47-43(30-15-6-2-7-16-30)46-44(48-45)31-17-8-3-9-18-31/h1-28H. The molecule has 0 N–H and O–H groups in total. The summed E-state index contributed by atoms with van der Waals surface area (Å²) in [4.78, 5) is 15.2. The van der Waals surface area contributed by atoms with Crippen LogP contribution in [0.2, 0.25) is 0 Å². The molecule has 0 unspecified atom stereocenters. The van der Waals surface area contributed by atoms with Gasteiger partial charge in [-0.2, -0.15) is 9.97 Å². The zero-order valence-electron chi connectivity index (χ0n) is 26.9. The van der Waals surface area contributed by atoms with Gasteiger partial charge in [0, 0.05) is 32.7 Å². The normalized spacial score (nSPS) is 11.6. The van der Waals surface area contributed by atoms with E-state index in [9.17, 15) is 0 Å². The molecule has 0 aliphatic heterocycles. The van der Waals surface area contributed by atoms with Gasteiger partial charge in [0.25, 0.3) is 0 Å². The number of hydrogen-bond donors (Lipinski definition) is 0. The first-order chi connectivity index (χ1) is 24.8. The molecule has 0 aliphatic carbocycles. The Bertz CT molecular complexity index is 2800. The van der Waals surface area contributed by atoms with Gasteiger partial charge in [0.1, 0.15) is 11.2 Å². The monoisotopic (exact) mass is 640 g/mol. The van der Waals surface area contributed by atoms with Crippen molar-refractivity contribution >= 4 is 43.7 Å². The van der Waals surface area contributed by atoms with Crippen LogP contribution in [-0.4, -0.2) is 19.5 Å². The highest BCUT2D eigenvalue weighted by Gasteiger charge is 2.20. The Kier molecular flexibility index (Phi) is 6.42. The third-order valence-electron chi connectivity index (χ3n) is 9.48. The highest BCUT2D eigenvalue weighted by atomic mass is 16.3. The van der Waals surface area contributed by atoms with E-state index in [4.69, 9.17) is 19.4 Å². The van der Waals surface area contributed by atoms with Crippen LogP contribution in [0.4, 0.5) is 0 Å². The summed E-state index contributed by atoms with van der Waals surface area (Å²) < 4.78 is 8.66. The number of hydrogen-bond acceptors (Lipinski definition) is 4. The number of rotatable bonds is 5. The van der Waals surface area contributed by atoms with Gasteiger partial charge in [-0.25, -0.2) is 4.98 Å². The summed E-state index contributed by atoms with van der Waals surface area (Å²) in [5, 5.41) is 4.46. The lowest BCUT2D eigenvalue weighted by atomic mass is 9.97. The Labute approximate surface area is 287 Å². The third-order valence-corrected chi connectivity index (χ3v) is 9.48. The molecule has 5 heteroatoms. The summed E-state index contributed by atoms with van der Waals surface area (Å²) >= 11 is 0. The van der Waals surface area contributed by atoms with Crippen LogP contribution in [0.3, 0.4) is 0 Å². The summed E-state index contributed by atoms with van der Waals surface area (Å²) in [7, 11) is 0. The summed E-state index contributed by atoms with van der Waals surface area (Å²) in [5.74, 6) is 1.82. The predicted octanol–water partition coefficient (Wildman–Crippen LogP) is 11.5. The molecule has 0 spiro atoms. The SMILES string of the molecule is c1ccc(-c2ccc3c(c2)oc2cccc(-c4ccc5c6ccccc6n(-c6nc(-c7ccccc7)nc(-c7ccccc7)n6)c5c4)c23)cc1. The number of nitrogens with zero attached hydrogens (tertiary/aromatic N) is 4. The lowest BCUT2D eigenvalue weighted by Crippen LogP contribution is -2.06. The molecule has 234 valence electrons. The molecule has 10 aromatic rings. The van der Waals surface area contributed by atoms with Crippen molar-refractivity contribution in [3.63, 3.8) is 0 Å². The van der Waals surface area contributed by atoms with E-state index in [1.165, 1.54) is 0 Å². The Hall–Kier alpha value is -6.85. The third kappa shape index (κ3) is 4.60. The van der Waals surface area contributed by atoms with Crippen LogP contribution in [0.15, 0.2) is 174 Å². The molecule has 0 fully saturated rings. The second-order valence-electron chi connectivity index (χ2n) is 12.5. The van der Waals surface area contributed by atoms with Crippen LogP contribution in [0.25, 0.3) is 94.7 Å². The van der Waals surface area contributed by atoms with Crippen LogP contribution >= 0.6 is 0 Å². The van der Waals surface area contributed by atoms with Gasteiger partial charge in [-0.1, -0.05) is 140 Å². The van der Waals surface area contributed by atoms with Gasteiger partial charge >= 0.3 is 0 Å². The van der Waals surface area contributed by atoms with Crippen LogP contribution in [0.5, 0.6) is 0 Å². The summed E-state index contributed by atoms with van der Waals surface area (Å²) in [6.45, 7) is 0. The maximum atomic E-state index is 6.48. The Morgan fingerprint density at radius 3 is 1.70 bits per heavy atom. The van der Waals surface area contributed by atoms with E-state index in [0.29, 0.717) is 17.6 Å². The number of furan rings is 1. The van der Waals surface area contributed by atoms with Crippen LogP contribution in [0, 0.1) is 0 Å². The molecule has 0 atom stereocenters. The fraction of sp³-hybridized carbons (Fsp3) is 0. The van der Waals surface area contributed by atoms with E-state index in [2.05, 4.69) is 108 Å². The first-order valence-corrected chi connectivity index (χ1v) is 16.7. The number of para-hydroxylation sites is 1. The largest absolute Gasteiger partial charge is 0.456 e. The van der Waals surface area contributed by atoms with Crippen molar-refractivity contribution in [3.8, 4) is 51.0 Å². The lowest BCUT2D eigenvalue weighted by Gasteiger charge is -2.11. The van der Waals surface area contributed by atoms with Crippen molar-refractivity contribution in [2.45, 2.75) is 0 Å². The molecule has 0 radical (unpaired) electrons. The van der Waals surface area contributed by atoms with Gasteiger partial charge in [-0.15, -0.1) is 0 Å². The van der Waals surface area contributed by atoms with Gasteiger partial charge in [-0.3, -0.25) is 4.57 Å². The minimum absolute atomic E-state index is 0.571. The molecule has 50 heavy (non-hydrogen) atoms. The second kappa shape index (κ2) is 11.4. The van der Waals surface area contributed by atoms with Crippen LogP contribution in [-0.2, 0) is 0 Å². The predicted molar refractivity (Wildman–Crippen MR) is 203 cm³/mol. The molecule has 5 nitrogen and oxygen atoms in total. The van der Waals surface area contributed by atoms with Gasteiger partial charge in [0.05, 0.1) is 11.0 Å². The highest BCUT2D eigenvalue weighted by Crippen LogP contribution is 2.40. The Balaban J connectivity index is 1.21. The fourth-order valence-electron chi connectivity index (χ4n) is 7.13. The number of aromatic nitrogens is 4. The second-order valence-corrected chi connectivity index (χ2v) is 12.5. The minimum atomic E-state index is 0.571. The van der Waals surface area contributed by atoms with Gasteiger partial charge in [0.2, 0.25) is 5.95 Å². The maximum absolute atomic E-state index is 6.48. The average molecular weight is 641 g/mol. The smallest absolute Gasteiger partial charge is 0.238 e. The molecule has 0 bridgehead atoms. The fourth-order valence-corrected chi connectivity index (χ4v) is 7.13. The van der Waals surface area contributed by atoms with Crippen molar-refractivity contribution in [2.24, 2.45) is 0 Å². The molecular weight excluding hydrogens is 613 g/mol. The van der Waals surface area contributed by atoms with Crippen molar-refractivity contribution < 1.29 is 4.42 Å². The first kappa shape index (κ1) is 28.2. The summed E-state index contributed by atoms with van der Waals surface area (Å²) in [6, 6.07) is 58.6. The van der Waals surface area contributed by atoms with E-state index in [1.54, 1.807) is 0 Å². The van der Waals surface area contributed by atoms with Crippen molar-refractivity contribution in [1.82, 2.24) is 19.5 Å². The molecule has 0 aliphatic rings. The Morgan fingerprint density at radius 2 is 0.980 bits per heavy atom. The van der Waals surface area contributed by atoms with Crippen LogP contribution < -0.4 is 0 Å². The maximum Gasteiger partial charge on any atom is 0.238 e. The average Bonchev–Trinajstić information content (AvgIpc) is 3.74. The number of benzene rings is 7. The van der Waals surface area contributed by atoms with Crippen LogP contribution in [0.1, 0.15) is 0 Å². The molecule has 0 saturated heterocycles. The van der Waals surface area contributed by atoms with E-state index < -0.39 is 0 Å². The van der Waals surface area contributed by atoms with E-state index in [0.717, 1.165) is 77.1 Å². The van der Waals surface area contributed by atoms with E-state index in [1.807, 2.05) is 66.7 Å².